The maximum atomic E-state index is 12.1. The van der Waals surface area contributed by atoms with E-state index in [0.717, 1.165) is 11.1 Å². The van der Waals surface area contributed by atoms with Crippen molar-refractivity contribution < 1.29 is 18.8 Å². The van der Waals surface area contributed by atoms with Crippen molar-refractivity contribution in [1.29, 1.82) is 0 Å². The molecule has 28 heavy (non-hydrogen) atoms. The molecule has 1 heterocycles. The minimum absolute atomic E-state index is 0.0827. The standard InChI is InChI=1S/C21H23N3O4/c1-14(2)17-9-4-5-10-18(17)27-13-19(25)22-12-20-23-21(24-28-20)15-7-6-8-16(11-15)26-3/h4-11,14H,12-13H2,1-3H3,(H,22,25). The third kappa shape index (κ3) is 4.88. The highest BCUT2D eigenvalue weighted by Gasteiger charge is 2.12. The van der Waals surface area contributed by atoms with E-state index in [1.165, 1.54) is 0 Å². The van der Waals surface area contributed by atoms with Crippen LogP contribution in [0.2, 0.25) is 0 Å². The summed E-state index contributed by atoms with van der Waals surface area (Å²) in [6.45, 7) is 4.21. The molecule has 0 saturated heterocycles. The molecule has 2 aromatic carbocycles. The zero-order chi connectivity index (χ0) is 19.9. The van der Waals surface area contributed by atoms with Crippen LogP contribution in [0.5, 0.6) is 11.5 Å². The summed E-state index contributed by atoms with van der Waals surface area (Å²) in [4.78, 5) is 16.4. The molecular weight excluding hydrogens is 358 g/mol. The molecule has 0 radical (unpaired) electrons. The van der Waals surface area contributed by atoms with Crippen molar-refractivity contribution in [3.8, 4) is 22.9 Å². The van der Waals surface area contributed by atoms with E-state index in [-0.39, 0.29) is 19.1 Å². The van der Waals surface area contributed by atoms with E-state index in [2.05, 4.69) is 29.3 Å². The maximum Gasteiger partial charge on any atom is 0.258 e. The number of amides is 1. The van der Waals surface area contributed by atoms with Gasteiger partial charge in [0.25, 0.3) is 5.91 Å². The number of aromatic nitrogens is 2. The minimum Gasteiger partial charge on any atom is -0.497 e. The van der Waals surface area contributed by atoms with Crippen LogP contribution in [0.4, 0.5) is 0 Å². The number of nitrogens with zero attached hydrogens (tertiary/aromatic N) is 2. The van der Waals surface area contributed by atoms with Crippen LogP contribution >= 0.6 is 0 Å². The molecule has 3 aromatic rings. The number of ether oxygens (including phenoxy) is 2. The normalized spacial score (nSPS) is 10.7. The van der Waals surface area contributed by atoms with E-state index >= 15 is 0 Å². The monoisotopic (exact) mass is 381 g/mol. The summed E-state index contributed by atoms with van der Waals surface area (Å²) in [6.07, 6.45) is 0. The van der Waals surface area contributed by atoms with E-state index in [0.29, 0.717) is 29.1 Å². The van der Waals surface area contributed by atoms with Gasteiger partial charge in [-0.2, -0.15) is 4.98 Å². The van der Waals surface area contributed by atoms with Gasteiger partial charge in [-0.05, 0) is 29.7 Å². The van der Waals surface area contributed by atoms with Crippen molar-refractivity contribution in [1.82, 2.24) is 15.5 Å². The summed E-state index contributed by atoms with van der Waals surface area (Å²) in [5.41, 5.74) is 1.84. The highest BCUT2D eigenvalue weighted by molar-refractivity contribution is 5.77. The molecule has 0 aliphatic heterocycles. The van der Waals surface area contributed by atoms with Crippen molar-refractivity contribution in [2.75, 3.05) is 13.7 Å². The maximum absolute atomic E-state index is 12.1. The fourth-order valence-electron chi connectivity index (χ4n) is 2.66. The van der Waals surface area contributed by atoms with Gasteiger partial charge in [-0.1, -0.05) is 49.3 Å². The second-order valence-corrected chi connectivity index (χ2v) is 6.50. The van der Waals surface area contributed by atoms with Gasteiger partial charge in [0.15, 0.2) is 6.61 Å². The Hall–Kier alpha value is -3.35. The first-order valence-corrected chi connectivity index (χ1v) is 9.02. The van der Waals surface area contributed by atoms with Crippen LogP contribution < -0.4 is 14.8 Å². The summed E-state index contributed by atoms with van der Waals surface area (Å²) in [5, 5.41) is 6.66. The van der Waals surface area contributed by atoms with Gasteiger partial charge in [-0.25, -0.2) is 0 Å². The summed E-state index contributed by atoms with van der Waals surface area (Å²) < 4.78 is 16.0. The van der Waals surface area contributed by atoms with Gasteiger partial charge < -0.3 is 19.3 Å². The van der Waals surface area contributed by atoms with E-state index in [1.807, 2.05) is 48.5 Å². The highest BCUT2D eigenvalue weighted by Crippen LogP contribution is 2.25. The molecule has 1 N–H and O–H groups in total. The third-order valence-corrected chi connectivity index (χ3v) is 4.13. The molecular formula is C21H23N3O4. The van der Waals surface area contributed by atoms with E-state index in [4.69, 9.17) is 14.0 Å². The van der Waals surface area contributed by atoms with E-state index in [1.54, 1.807) is 7.11 Å². The number of methoxy groups -OCH3 is 1. The second-order valence-electron chi connectivity index (χ2n) is 6.50. The van der Waals surface area contributed by atoms with Crippen LogP contribution in [0.25, 0.3) is 11.4 Å². The summed E-state index contributed by atoms with van der Waals surface area (Å²) in [5.74, 6) is 2.22. The lowest BCUT2D eigenvalue weighted by Gasteiger charge is -2.13. The number of rotatable bonds is 8. The Morgan fingerprint density at radius 3 is 2.79 bits per heavy atom. The zero-order valence-electron chi connectivity index (χ0n) is 16.1. The molecule has 7 heteroatoms. The molecule has 0 aliphatic carbocycles. The Morgan fingerprint density at radius 1 is 1.18 bits per heavy atom. The first-order chi connectivity index (χ1) is 13.6. The summed E-state index contributed by atoms with van der Waals surface area (Å²) >= 11 is 0. The Bertz CT molecular complexity index is 937. The fraction of sp³-hybridized carbons (Fsp3) is 0.286. The lowest BCUT2D eigenvalue weighted by Crippen LogP contribution is -2.28. The first-order valence-electron chi connectivity index (χ1n) is 9.02. The van der Waals surface area contributed by atoms with E-state index in [9.17, 15) is 4.79 Å². The number of carbonyl (C=O) groups excluding carboxylic acids is 1. The molecule has 0 fully saturated rings. The van der Waals surface area contributed by atoms with E-state index < -0.39 is 0 Å². The zero-order valence-corrected chi connectivity index (χ0v) is 16.1. The molecule has 1 aromatic heterocycles. The number of carbonyl (C=O) groups is 1. The van der Waals surface area contributed by atoms with Gasteiger partial charge in [-0.3, -0.25) is 4.79 Å². The predicted molar refractivity (Wildman–Crippen MR) is 104 cm³/mol. The molecule has 146 valence electrons. The second kappa shape index (κ2) is 9.03. The third-order valence-electron chi connectivity index (χ3n) is 4.13. The number of nitrogens with one attached hydrogen (secondary N) is 1. The smallest absolute Gasteiger partial charge is 0.258 e. The fourth-order valence-corrected chi connectivity index (χ4v) is 2.66. The average molecular weight is 381 g/mol. The molecule has 7 nitrogen and oxygen atoms in total. The number of hydrogen-bond donors (Lipinski definition) is 1. The van der Waals surface area contributed by atoms with Crippen LogP contribution in [-0.4, -0.2) is 29.8 Å². The topological polar surface area (TPSA) is 86.5 Å². The molecule has 0 saturated carbocycles. The Balaban J connectivity index is 1.53. The molecule has 0 spiro atoms. The van der Waals surface area contributed by atoms with Crippen LogP contribution in [0.3, 0.4) is 0 Å². The lowest BCUT2D eigenvalue weighted by atomic mass is 10.0. The quantitative estimate of drug-likeness (QED) is 0.642. The highest BCUT2D eigenvalue weighted by atomic mass is 16.5. The van der Waals surface area contributed by atoms with Crippen molar-refractivity contribution >= 4 is 5.91 Å². The van der Waals surface area contributed by atoms with Crippen LogP contribution in [0, 0.1) is 0 Å². The van der Waals surface area contributed by atoms with Crippen LogP contribution in [0.1, 0.15) is 31.2 Å². The summed E-state index contributed by atoms with van der Waals surface area (Å²) in [6, 6.07) is 15.1. The largest absolute Gasteiger partial charge is 0.497 e. The van der Waals surface area contributed by atoms with Crippen molar-refractivity contribution in [3.63, 3.8) is 0 Å². The van der Waals surface area contributed by atoms with Gasteiger partial charge in [-0.15, -0.1) is 0 Å². The number of para-hydroxylation sites is 1. The van der Waals surface area contributed by atoms with Gasteiger partial charge >= 0.3 is 0 Å². The molecule has 0 aliphatic rings. The molecule has 0 bridgehead atoms. The summed E-state index contributed by atoms with van der Waals surface area (Å²) in [7, 11) is 1.60. The number of hydrogen-bond acceptors (Lipinski definition) is 6. The Labute approximate surface area is 163 Å². The predicted octanol–water partition coefficient (Wildman–Crippen LogP) is 3.56. The Kier molecular flexibility index (Phi) is 6.26. The van der Waals surface area contributed by atoms with Crippen LogP contribution in [-0.2, 0) is 11.3 Å². The van der Waals surface area contributed by atoms with Gasteiger partial charge in [0, 0.05) is 5.56 Å². The van der Waals surface area contributed by atoms with Crippen molar-refractivity contribution in [2.24, 2.45) is 0 Å². The molecule has 3 rings (SSSR count). The average Bonchev–Trinajstić information content (AvgIpc) is 3.20. The number of benzene rings is 2. The Morgan fingerprint density at radius 2 is 2.00 bits per heavy atom. The molecule has 0 atom stereocenters. The SMILES string of the molecule is COc1cccc(-c2noc(CNC(=O)COc3ccccc3C(C)C)n2)c1. The van der Waals surface area contributed by atoms with Gasteiger partial charge in [0.05, 0.1) is 13.7 Å². The molecule has 0 unspecified atom stereocenters. The van der Waals surface area contributed by atoms with Crippen LogP contribution in [0.15, 0.2) is 53.1 Å². The molecule has 1 amide bonds. The van der Waals surface area contributed by atoms with Crippen molar-refractivity contribution in [3.05, 3.63) is 60.0 Å². The van der Waals surface area contributed by atoms with Crippen molar-refractivity contribution in [2.45, 2.75) is 26.3 Å². The van der Waals surface area contributed by atoms with Gasteiger partial charge in [0.1, 0.15) is 11.5 Å². The minimum atomic E-state index is -0.264. The van der Waals surface area contributed by atoms with Gasteiger partial charge in [0.2, 0.25) is 11.7 Å². The first kappa shape index (κ1) is 19.4. The lowest BCUT2D eigenvalue weighted by molar-refractivity contribution is -0.123.